The third-order valence-electron chi connectivity index (χ3n) is 3.78. The Morgan fingerprint density at radius 3 is 2.53 bits per heavy atom. The highest BCUT2D eigenvalue weighted by Crippen LogP contribution is 2.36. The summed E-state index contributed by atoms with van der Waals surface area (Å²) >= 11 is 5.18. The number of hydrogen-bond acceptors (Lipinski definition) is 3. The van der Waals surface area contributed by atoms with Crippen molar-refractivity contribution in [2.75, 3.05) is 5.32 Å². The Labute approximate surface area is 118 Å². The average molecular weight is 277 g/mol. The lowest BCUT2D eigenvalue weighted by Crippen LogP contribution is -2.45. The van der Waals surface area contributed by atoms with E-state index in [-0.39, 0.29) is 5.91 Å². The predicted molar refractivity (Wildman–Crippen MR) is 79.8 cm³/mol. The van der Waals surface area contributed by atoms with E-state index in [0.717, 1.165) is 38.5 Å². The van der Waals surface area contributed by atoms with Gasteiger partial charge < -0.3 is 11.1 Å². The number of hydrogen-bond donors (Lipinski definition) is 2. The zero-order valence-electron chi connectivity index (χ0n) is 10.9. The van der Waals surface area contributed by atoms with Gasteiger partial charge in [0.1, 0.15) is 0 Å². The lowest BCUT2D eigenvalue weighted by molar-refractivity contribution is -0.122. The second kappa shape index (κ2) is 6.10. The van der Waals surface area contributed by atoms with Crippen LogP contribution in [0, 0.1) is 5.41 Å². The van der Waals surface area contributed by atoms with Gasteiger partial charge in [0.2, 0.25) is 5.91 Å². The molecule has 1 aliphatic rings. The molecule has 1 heterocycles. The van der Waals surface area contributed by atoms with Crippen LogP contribution in [0.3, 0.4) is 0 Å². The molecule has 1 aromatic rings. The number of pyridine rings is 1. The van der Waals surface area contributed by atoms with E-state index in [0.29, 0.717) is 10.7 Å². The Kier molecular flexibility index (Phi) is 4.47. The lowest BCUT2D eigenvalue weighted by Gasteiger charge is -2.30. The topological polar surface area (TPSA) is 68.0 Å². The summed E-state index contributed by atoms with van der Waals surface area (Å²) in [4.78, 5) is 16.9. The largest absolute Gasteiger partial charge is 0.392 e. The van der Waals surface area contributed by atoms with Crippen LogP contribution in [0.2, 0.25) is 0 Å². The summed E-state index contributed by atoms with van der Waals surface area (Å²) in [6.45, 7) is 0. The van der Waals surface area contributed by atoms with Gasteiger partial charge in [0, 0.05) is 6.20 Å². The van der Waals surface area contributed by atoms with E-state index in [2.05, 4.69) is 10.3 Å². The fourth-order valence-electron chi connectivity index (χ4n) is 2.60. The van der Waals surface area contributed by atoms with Crippen molar-refractivity contribution in [1.29, 1.82) is 0 Å². The Morgan fingerprint density at radius 1 is 1.32 bits per heavy atom. The first-order valence-electron chi connectivity index (χ1n) is 6.66. The molecule has 1 aliphatic carbocycles. The summed E-state index contributed by atoms with van der Waals surface area (Å²) in [5.74, 6) is -0.0881. The third kappa shape index (κ3) is 3.10. The zero-order chi connectivity index (χ0) is 13.7. The summed E-state index contributed by atoms with van der Waals surface area (Å²) in [6, 6.07) is 3.60. The maximum atomic E-state index is 12.6. The Hall–Kier alpha value is -1.49. The van der Waals surface area contributed by atoms with Crippen LogP contribution < -0.4 is 11.1 Å². The van der Waals surface area contributed by atoms with Gasteiger partial charge in [0.25, 0.3) is 0 Å². The number of carbonyl (C=O) groups is 1. The number of carbonyl (C=O) groups excluding carboxylic acids is 1. The van der Waals surface area contributed by atoms with Crippen LogP contribution in [0.5, 0.6) is 0 Å². The van der Waals surface area contributed by atoms with Crippen molar-refractivity contribution in [3.05, 3.63) is 24.5 Å². The summed E-state index contributed by atoms with van der Waals surface area (Å²) in [6.07, 6.45) is 9.07. The number of nitrogens with zero attached hydrogens (tertiary/aromatic N) is 1. The molecule has 1 aromatic heterocycles. The van der Waals surface area contributed by atoms with Crippen LogP contribution in [0.1, 0.15) is 38.5 Å². The summed E-state index contributed by atoms with van der Waals surface area (Å²) in [5.41, 5.74) is 5.88. The van der Waals surface area contributed by atoms with Crippen molar-refractivity contribution in [3.8, 4) is 0 Å². The minimum absolute atomic E-state index is 0.0881. The van der Waals surface area contributed by atoms with E-state index in [1.54, 1.807) is 18.5 Å². The fourth-order valence-corrected chi connectivity index (χ4v) is 2.90. The molecule has 0 saturated heterocycles. The van der Waals surface area contributed by atoms with Crippen molar-refractivity contribution in [2.45, 2.75) is 38.5 Å². The first kappa shape index (κ1) is 13.9. The van der Waals surface area contributed by atoms with Gasteiger partial charge in [-0.15, -0.1) is 0 Å². The van der Waals surface area contributed by atoms with E-state index in [9.17, 15) is 4.79 Å². The van der Waals surface area contributed by atoms with Crippen molar-refractivity contribution in [1.82, 2.24) is 4.98 Å². The minimum atomic E-state index is -0.693. The van der Waals surface area contributed by atoms with Crippen LogP contribution in [-0.2, 0) is 4.79 Å². The Balaban J connectivity index is 2.19. The van der Waals surface area contributed by atoms with Gasteiger partial charge in [0.15, 0.2) is 0 Å². The minimum Gasteiger partial charge on any atom is -0.392 e. The number of nitrogens with two attached hydrogens (primary N) is 1. The van der Waals surface area contributed by atoms with Gasteiger partial charge in [-0.2, -0.15) is 0 Å². The summed E-state index contributed by atoms with van der Waals surface area (Å²) < 4.78 is 0. The Bertz CT molecular complexity index is 453. The molecule has 0 bridgehead atoms. The second-order valence-corrected chi connectivity index (χ2v) is 5.50. The number of rotatable bonds is 3. The molecule has 0 unspecified atom stereocenters. The van der Waals surface area contributed by atoms with Gasteiger partial charge in [-0.25, -0.2) is 0 Å². The Morgan fingerprint density at radius 2 is 2.00 bits per heavy atom. The summed E-state index contributed by atoms with van der Waals surface area (Å²) in [7, 11) is 0. The quantitative estimate of drug-likeness (QED) is 0.658. The van der Waals surface area contributed by atoms with Gasteiger partial charge in [-0.3, -0.25) is 9.78 Å². The van der Waals surface area contributed by atoms with E-state index in [1.807, 2.05) is 6.07 Å². The van der Waals surface area contributed by atoms with Crippen LogP contribution in [0.25, 0.3) is 0 Å². The third-order valence-corrected chi connectivity index (χ3v) is 4.17. The predicted octanol–water partition coefficient (Wildman–Crippen LogP) is 2.65. The number of nitrogens with one attached hydrogen (secondary N) is 1. The monoisotopic (exact) mass is 277 g/mol. The number of anilines is 1. The van der Waals surface area contributed by atoms with Crippen LogP contribution in [-0.4, -0.2) is 15.9 Å². The average Bonchev–Trinajstić information content (AvgIpc) is 2.66. The molecule has 0 atom stereocenters. The van der Waals surface area contributed by atoms with E-state index >= 15 is 0 Å². The first-order valence-corrected chi connectivity index (χ1v) is 7.07. The number of amides is 1. The smallest absolute Gasteiger partial charge is 0.237 e. The highest BCUT2D eigenvalue weighted by molar-refractivity contribution is 7.80. The molecule has 0 aromatic carbocycles. The lowest BCUT2D eigenvalue weighted by atomic mass is 9.79. The first-order chi connectivity index (χ1) is 9.15. The standard InChI is InChI=1S/C14H19N3OS/c15-12(19)14(7-3-1-2-4-8-14)13(18)17-11-6-5-9-16-10-11/h5-6,9-10H,1-4,7-8H2,(H2,15,19)(H,17,18). The molecule has 102 valence electrons. The highest BCUT2D eigenvalue weighted by Gasteiger charge is 2.41. The second-order valence-electron chi connectivity index (χ2n) is 5.06. The van der Waals surface area contributed by atoms with E-state index in [1.165, 1.54) is 0 Å². The van der Waals surface area contributed by atoms with Crippen LogP contribution >= 0.6 is 12.2 Å². The molecule has 0 radical (unpaired) electrons. The fraction of sp³-hybridized carbons (Fsp3) is 0.500. The van der Waals surface area contributed by atoms with Gasteiger partial charge in [0.05, 0.1) is 22.3 Å². The van der Waals surface area contributed by atoms with Crippen LogP contribution in [0.15, 0.2) is 24.5 Å². The van der Waals surface area contributed by atoms with Gasteiger partial charge >= 0.3 is 0 Å². The number of aromatic nitrogens is 1. The molecule has 1 amide bonds. The molecular formula is C14H19N3OS. The molecule has 1 saturated carbocycles. The molecule has 0 spiro atoms. The number of thiocarbonyl (C=S) groups is 1. The highest BCUT2D eigenvalue weighted by atomic mass is 32.1. The van der Waals surface area contributed by atoms with Crippen molar-refractivity contribution in [2.24, 2.45) is 11.1 Å². The normalized spacial score (nSPS) is 18.3. The molecule has 0 aliphatic heterocycles. The van der Waals surface area contributed by atoms with Crippen LogP contribution in [0.4, 0.5) is 5.69 Å². The molecular weight excluding hydrogens is 258 g/mol. The molecule has 2 rings (SSSR count). The molecule has 19 heavy (non-hydrogen) atoms. The summed E-state index contributed by atoms with van der Waals surface area (Å²) in [5, 5.41) is 2.89. The molecule has 4 nitrogen and oxygen atoms in total. The van der Waals surface area contributed by atoms with E-state index < -0.39 is 5.41 Å². The SMILES string of the molecule is NC(=S)C1(C(=O)Nc2cccnc2)CCCCCC1. The van der Waals surface area contributed by atoms with Crippen molar-refractivity contribution < 1.29 is 4.79 Å². The molecule has 1 fully saturated rings. The maximum absolute atomic E-state index is 12.6. The molecule has 3 N–H and O–H groups in total. The van der Waals surface area contributed by atoms with Crippen molar-refractivity contribution in [3.63, 3.8) is 0 Å². The van der Waals surface area contributed by atoms with E-state index in [4.69, 9.17) is 18.0 Å². The van der Waals surface area contributed by atoms with Crippen molar-refractivity contribution >= 4 is 28.8 Å². The molecule has 5 heteroatoms. The van der Waals surface area contributed by atoms with Gasteiger partial charge in [-0.1, -0.05) is 37.9 Å². The maximum Gasteiger partial charge on any atom is 0.237 e. The zero-order valence-corrected chi connectivity index (χ0v) is 11.7. The van der Waals surface area contributed by atoms with Gasteiger partial charge in [-0.05, 0) is 25.0 Å².